The van der Waals surface area contributed by atoms with Gasteiger partial charge in [0, 0.05) is 33.8 Å². The van der Waals surface area contributed by atoms with Crippen molar-refractivity contribution in [1.29, 1.82) is 0 Å². The van der Waals surface area contributed by atoms with Crippen LogP contribution in [0.5, 0.6) is 0 Å². The van der Waals surface area contributed by atoms with Gasteiger partial charge in [-0.3, -0.25) is 4.79 Å². The van der Waals surface area contributed by atoms with E-state index < -0.39 is 14.8 Å². The summed E-state index contributed by atoms with van der Waals surface area (Å²) in [6.07, 6.45) is 47.2. The lowest BCUT2D eigenvalue weighted by atomic mass is 10.0. The second-order valence-corrected chi connectivity index (χ2v) is 17.3. The van der Waals surface area contributed by atoms with E-state index in [-0.39, 0.29) is 0 Å². The van der Waals surface area contributed by atoms with E-state index in [0.717, 1.165) is 25.3 Å². The van der Waals surface area contributed by atoms with Crippen molar-refractivity contribution in [3.05, 3.63) is 0 Å². The van der Waals surface area contributed by atoms with E-state index in [1.165, 1.54) is 199 Å². The van der Waals surface area contributed by atoms with Gasteiger partial charge in [-0.05, 0) is 12.8 Å². The second kappa shape index (κ2) is 37.4. The van der Waals surface area contributed by atoms with Gasteiger partial charge >= 0.3 is 14.8 Å². The summed E-state index contributed by atoms with van der Waals surface area (Å²) in [5.74, 6) is -0.651. The van der Waals surface area contributed by atoms with Crippen LogP contribution in [0.1, 0.15) is 225 Å². The Hall–Kier alpha value is -0.433. The van der Waals surface area contributed by atoms with Crippen molar-refractivity contribution in [1.82, 2.24) is 0 Å². The molecular weight excluding hydrogens is 589 g/mol. The number of carboxylic acids is 1. The summed E-state index contributed by atoms with van der Waals surface area (Å²) >= 11 is 0. The van der Waals surface area contributed by atoms with Crippen LogP contribution in [-0.4, -0.2) is 41.2 Å². The smallest absolute Gasteiger partial charge is 0.481 e. The molecule has 0 fully saturated rings. The predicted molar refractivity (Wildman–Crippen MR) is 201 cm³/mol. The Kier molecular flexibility index (Phi) is 37.0. The molecule has 6 heteroatoms. The second-order valence-electron chi connectivity index (χ2n) is 14.2. The average molecular weight is 671 g/mol. The van der Waals surface area contributed by atoms with E-state index in [4.69, 9.17) is 18.4 Å². The predicted octanol–water partition coefficient (Wildman–Crippen LogP) is 13.6. The zero-order valence-electron chi connectivity index (χ0n) is 31.5. The standard InChI is InChI=1S/C40H82O5Si/c1-43-46(44-2,45-3)39-37-35-33-31-29-27-25-23-21-19-17-15-13-11-9-7-5-4-6-8-10-12-14-16-18-20-22-24-26-28-30-32-34-36-38-40(41)42/h4-39H2,1-3H3,(H,41,42). The first kappa shape index (κ1) is 45.6. The number of hydrogen-bond donors (Lipinski definition) is 1. The van der Waals surface area contributed by atoms with Gasteiger partial charge in [-0.2, -0.15) is 0 Å². The van der Waals surface area contributed by atoms with Gasteiger partial charge in [-0.25, -0.2) is 0 Å². The molecule has 0 amide bonds. The fraction of sp³-hybridized carbons (Fsp3) is 0.975. The van der Waals surface area contributed by atoms with Crippen LogP contribution in [0.2, 0.25) is 6.04 Å². The zero-order valence-corrected chi connectivity index (χ0v) is 32.5. The summed E-state index contributed by atoms with van der Waals surface area (Å²) in [5, 5.41) is 8.65. The minimum atomic E-state index is -2.35. The first-order chi connectivity index (χ1) is 22.6. The molecule has 276 valence electrons. The van der Waals surface area contributed by atoms with Crippen molar-refractivity contribution in [3.63, 3.8) is 0 Å². The molecule has 5 nitrogen and oxygen atoms in total. The molecule has 0 aliphatic carbocycles. The quantitative estimate of drug-likeness (QED) is 0.0519. The average Bonchev–Trinajstić information content (AvgIpc) is 3.06. The van der Waals surface area contributed by atoms with E-state index >= 15 is 0 Å². The van der Waals surface area contributed by atoms with Crippen molar-refractivity contribution < 1.29 is 23.2 Å². The highest BCUT2D eigenvalue weighted by molar-refractivity contribution is 6.60. The lowest BCUT2D eigenvalue weighted by Crippen LogP contribution is -2.42. The van der Waals surface area contributed by atoms with Gasteiger partial charge in [-0.1, -0.05) is 205 Å². The van der Waals surface area contributed by atoms with Crippen LogP contribution in [0.15, 0.2) is 0 Å². The summed E-state index contributed by atoms with van der Waals surface area (Å²) in [6.45, 7) is 0. The molecule has 0 spiro atoms. The molecule has 0 aromatic carbocycles. The fourth-order valence-electron chi connectivity index (χ4n) is 6.83. The van der Waals surface area contributed by atoms with Gasteiger partial charge in [0.1, 0.15) is 0 Å². The van der Waals surface area contributed by atoms with E-state index in [9.17, 15) is 4.79 Å². The van der Waals surface area contributed by atoms with E-state index in [2.05, 4.69) is 0 Å². The van der Waals surface area contributed by atoms with Gasteiger partial charge in [0.25, 0.3) is 0 Å². The van der Waals surface area contributed by atoms with Crippen LogP contribution in [0.4, 0.5) is 0 Å². The molecule has 1 N–H and O–H groups in total. The molecule has 0 radical (unpaired) electrons. The molecule has 0 aliphatic heterocycles. The Balaban J connectivity index is 3.12. The summed E-state index contributed by atoms with van der Waals surface area (Å²) in [7, 11) is 2.77. The van der Waals surface area contributed by atoms with Crippen LogP contribution < -0.4 is 0 Å². The largest absolute Gasteiger partial charge is 0.500 e. The summed E-state index contributed by atoms with van der Waals surface area (Å²) in [4.78, 5) is 10.5. The molecule has 0 aromatic heterocycles. The summed E-state index contributed by atoms with van der Waals surface area (Å²) in [5.41, 5.74) is 0. The molecule has 46 heavy (non-hydrogen) atoms. The van der Waals surface area contributed by atoms with Gasteiger partial charge in [0.05, 0.1) is 0 Å². The van der Waals surface area contributed by atoms with Crippen LogP contribution in [-0.2, 0) is 18.1 Å². The van der Waals surface area contributed by atoms with Gasteiger partial charge in [-0.15, -0.1) is 0 Å². The third-order valence-electron chi connectivity index (χ3n) is 10.1. The van der Waals surface area contributed by atoms with Gasteiger partial charge in [0.15, 0.2) is 0 Å². The molecule has 0 aliphatic rings. The number of aliphatic carboxylic acids is 1. The maximum atomic E-state index is 10.5. The number of unbranched alkanes of at least 4 members (excludes halogenated alkanes) is 33. The first-order valence-electron chi connectivity index (χ1n) is 20.5. The number of hydrogen-bond acceptors (Lipinski definition) is 4. The molecule has 0 bridgehead atoms. The maximum Gasteiger partial charge on any atom is 0.500 e. The Bertz CT molecular complexity index is 590. The van der Waals surface area contributed by atoms with Crippen LogP contribution in [0, 0.1) is 0 Å². The lowest BCUT2D eigenvalue weighted by molar-refractivity contribution is -0.137. The van der Waals surface area contributed by atoms with Crippen molar-refractivity contribution in [2.24, 2.45) is 0 Å². The highest BCUT2D eigenvalue weighted by Gasteiger charge is 2.36. The highest BCUT2D eigenvalue weighted by Crippen LogP contribution is 2.20. The van der Waals surface area contributed by atoms with Crippen molar-refractivity contribution in [3.8, 4) is 0 Å². The minimum absolute atomic E-state index is 0.343. The van der Waals surface area contributed by atoms with Crippen LogP contribution in [0.25, 0.3) is 0 Å². The molecular formula is C40H82O5Si. The van der Waals surface area contributed by atoms with Crippen molar-refractivity contribution >= 4 is 14.8 Å². The van der Waals surface area contributed by atoms with E-state index in [0.29, 0.717) is 6.42 Å². The topological polar surface area (TPSA) is 65.0 Å². The van der Waals surface area contributed by atoms with Crippen LogP contribution >= 0.6 is 0 Å². The van der Waals surface area contributed by atoms with Gasteiger partial charge in [0.2, 0.25) is 0 Å². The molecule has 0 rings (SSSR count). The summed E-state index contributed by atoms with van der Waals surface area (Å²) in [6, 6.07) is 0.934. The number of carbonyl (C=O) groups is 1. The molecule has 0 atom stereocenters. The number of carboxylic acid groups (broad SMARTS) is 1. The minimum Gasteiger partial charge on any atom is -0.481 e. The highest BCUT2D eigenvalue weighted by atomic mass is 28.4. The molecule has 0 heterocycles. The lowest BCUT2D eigenvalue weighted by Gasteiger charge is -2.24. The first-order valence-corrected chi connectivity index (χ1v) is 22.4. The maximum absolute atomic E-state index is 10.5. The molecule has 0 unspecified atom stereocenters. The third kappa shape index (κ3) is 33.5. The fourth-order valence-corrected chi connectivity index (χ4v) is 8.63. The Morgan fingerprint density at radius 1 is 0.348 bits per heavy atom. The Labute approximate surface area is 289 Å². The molecule has 0 aromatic rings. The Morgan fingerprint density at radius 2 is 0.522 bits per heavy atom. The van der Waals surface area contributed by atoms with Gasteiger partial charge < -0.3 is 18.4 Å². The Morgan fingerprint density at radius 3 is 0.696 bits per heavy atom. The van der Waals surface area contributed by atoms with Crippen molar-refractivity contribution in [2.75, 3.05) is 21.3 Å². The van der Waals surface area contributed by atoms with E-state index in [1.54, 1.807) is 21.3 Å². The molecule has 0 saturated carbocycles. The normalized spacial score (nSPS) is 11.9. The monoisotopic (exact) mass is 671 g/mol. The third-order valence-corrected chi connectivity index (χ3v) is 12.9. The van der Waals surface area contributed by atoms with Crippen LogP contribution in [0.3, 0.4) is 0 Å². The zero-order chi connectivity index (χ0) is 33.7. The summed E-state index contributed by atoms with van der Waals surface area (Å²) < 4.78 is 16.5. The number of rotatable bonds is 40. The van der Waals surface area contributed by atoms with Crippen molar-refractivity contribution in [2.45, 2.75) is 231 Å². The molecule has 0 saturated heterocycles. The van der Waals surface area contributed by atoms with E-state index in [1.807, 2.05) is 0 Å². The SMILES string of the molecule is CO[Si](CCCCCCCCCCCCCCCCCCCCCCCCCCCCCCCCCCCCC(=O)O)(OC)OC.